The maximum absolute atomic E-state index is 13.6. The van der Waals surface area contributed by atoms with Crippen molar-refractivity contribution in [3.05, 3.63) is 70.0 Å². The Morgan fingerprint density at radius 2 is 1.71 bits per heavy atom. The van der Waals surface area contributed by atoms with Gasteiger partial charge in [-0.1, -0.05) is 30.3 Å². The van der Waals surface area contributed by atoms with E-state index in [1.165, 1.54) is 6.07 Å². The lowest BCUT2D eigenvalue weighted by atomic mass is 9.59. The summed E-state index contributed by atoms with van der Waals surface area (Å²) in [6.45, 7) is 1.54. The van der Waals surface area contributed by atoms with Crippen LogP contribution in [0.4, 0.5) is 0 Å². The van der Waals surface area contributed by atoms with Crippen LogP contribution in [0.5, 0.6) is 5.75 Å². The number of aromatic hydroxyl groups is 1. The molecular weight excluding hydrogens is 490 g/mol. The maximum Gasteiger partial charge on any atom is 0.255 e. The van der Waals surface area contributed by atoms with Crippen LogP contribution in [0.15, 0.2) is 53.3 Å². The number of ketones is 3. The first-order valence-corrected chi connectivity index (χ1v) is 12.4. The van der Waals surface area contributed by atoms with E-state index in [1.54, 1.807) is 13.0 Å². The summed E-state index contributed by atoms with van der Waals surface area (Å²) in [7, 11) is 0. The summed E-state index contributed by atoms with van der Waals surface area (Å²) >= 11 is 0. The topological polar surface area (TPSA) is 175 Å². The van der Waals surface area contributed by atoms with Crippen LogP contribution in [0.3, 0.4) is 0 Å². The summed E-state index contributed by atoms with van der Waals surface area (Å²) in [5, 5.41) is 43.9. The predicted octanol–water partition coefficient (Wildman–Crippen LogP) is 2.61. The maximum atomic E-state index is 13.6. The molecule has 0 bridgehead atoms. The van der Waals surface area contributed by atoms with Crippen molar-refractivity contribution in [1.82, 2.24) is 0 Å². The molecule has 5 rings (SSSR count). The number of phenols is 1. The van der Waals surface area contributed by atoms with E-state index in [9.17, 15) is 39.6 Å². The molecule has 1 amide bonds. The van der Waals surface area contributed by atoms with Gasteiger partial charge >= 0.3 is 0 Å². The van der Waals surface area contributed by atoms with E-state index in [0.717, 1.165) is 16.7 Å². The predicted molar refractivity (Wildman–Crippen MR) is 136 cm³/mol. The number of amides is 1. The van der Waals surface area contributed by atoms with Crippen LogP contribution in [0.25, 0.3) is 16.9 Å². The summed E-state index contributed by atoms with van der Waals surface area (Å²) in [6, 6.07) is 10.7. The number of benzene rings is 2. The van der Waals surface area contributed by atoms with Crippen LogP contribution < -0.4 is 5.73 Å². The number of rotatable bonds is 5. The fraction of sp³-hybridized carbons (Fsp3) is 0.310. The number of nitrogens with two attached hydrogens (primary N) is 1. The third-order valence-electron chi connectivity index (χ3n) is 7.98. The van der Waals surface area contributed by atoms with Gasteiger partial charge in [0.1, 0.15) is 28.6 Å². The van der Waals surface area contributed by atoms with Gasteiger partial charge in [0.2, 0.25) is 5.78 Å². The van der Waals surface area contributed by atoms with Crippen molar-refractivity contribution in [2.75, 3.05) is 0 Å². The molecule has 0 spiro atoms. The Labute approximate surface area is 217 Å². The highest BCUT2D eigenvalue weighted by Gasteiger charge is 2.60. The smallest absolute Gasteiger partial charge is 0.255 e. The normalized spacial score (nSPS) is 24.6. The largest absolute Gasteiger partial charge is 0.508 e. The second-order valence-electron chi connectivity index (χ2n) is 10.3. The molecule has 2 aromatic carbocycles. The first kappa shape index (κ1) is 25.4. The number of hydrogen-bond donors (Lipinski definition) is 5. The van der Waals surface area contributed by atoms with Gasteiger partial charge in [0.15, 0.2) is 11.4 Å². The number of fused-ring (bicyclic) bond motifs is 3. The molecule has 6 N–H and O–H groups in total. The summed E-state index contributed by atoms with van der Waals surface area (Å²) in [6.07, 6.45) is 0.984. The number of aliphatic hydroxyl groups is 3. The lowest BCUT2D eigenvalue weighted by molar-refractivity contribution is -0.147. The van der Waals surface area contributed by atoms with Crippen molar-refractivity contribution >= 4 is 29.0 Å². The fourth-order valence-corrected chi connectivity index (χ4v) is 6.06. The Kier molecular flexibility index (Phi) is 5.99. The molecule has 1 saturated carbocycles. The molecule has 196 valence electrons. The molecule has 0 heterocycles. The highest BCUT2D eigenvalue weighted by molar-refractivity contribution is 6.22. The standard InChI is InChI=1S/C29H27NO8/c1-13(31)2-3-14-4-6-15(7-5-14)18-8-9-20(32)23-19(18)11-16-10-17-12-21(33)24(28(30)37)27(36)29(17,38)26(35)22(16)25(23)34/h4-9,16-17,32,34,36,38H,2-3,10-12H2,1H3,(H2,30,37)/t16-,17+,29+/m1/s1. The molecule has 0 radical (unpaired) electrons. The molecule has 1 fully saturated rings. The molecule has 3 atom stereocenters. The summed E-state index contributed by atoms with van der Waals surface area (Å²) in [5.74, 6) is -6.43. The van der Waals surface area contributed by atoms with Gasteiger partial charge in [0.25, 0.3) is 5.91 Å². The molecule has 0 unspecified atom stereocenters. The molecule has 3 aliphatic rings. The Hall–Kier alpha value is -4.24. The van der Waals surface area contributed by atoms with E-state index in [1.807, 2.05) is 24.3 Å². The number of aliphatic hydroxyl groups excluding tert-OH is 2. The first-order chi connectivity index (χ1) is 17.9. The van der Waals surface area contributed by atoms with Crippen LogP contribution >= 0.6 is 0 Å². The van der Waals surface area contributed by atoms with Crippen LogP contribution in [-0.2, 0) is 32.0 Å². The Morgan fingerprint density at radius 1 is 1.03 bits per heavy atom. The number of primary amides is 1. The third-order valence-corrected chi connectivity index (χ3v) is 7.98. The lowest BCUT2D eigenvalue weighted by Crippen LogP contribution is -2.58. The Bertz CT molecular complexity index is 1480. The van der Waals surface area contributed by atoms with Gasteiger partial charge < -0.3 is 31.0 Å². The molecule has 0 saturated heterocycles. The zero-order valence-electron chi connectivity index (χ0n) is 20.7. The highest BCUT2D eigenvalue weighted by Crippen LogP contribution is 2.53. The van der Waals surface area contributed by atoms with Crippen molar-refractivity contribution in [3.63, 3.8) is 0 Å². The number of hydrogen-bond acceptors (Lipinski definition) is 8. The molecule has 0 aromatic heterocycles. The van der Waals surface area contributed by atoms with E-state index >= 15 is 0 Å². The van der Waals surface area contributed by atoms with E-state index in [-0.39, 0.29) is 41.9 Å². The van der Waals surface area contributed by atoms with Gasteiger partial charge in [-0.15, -0.1) is 0 Å². The van der Waals surface area contributed by atoms with Crippen molar-refractivity contribution in [1.29, 1.82) is 0 Å². The summed E-state index contributed by atoms with van der Waals surface area (Å²) in [5.41, 5.74) is 4.83. The highest BCUT2D eigenvalue weighted by atomic mass is 16.3. The minimum Gasteiger partial charge on any atom is -0.508 e. The van der Waals surface area contributed by atoms with Crippen molar-refractivity contribution in [2.24, 2.45) is 17.6 Å². The zero-order chi connectivity index (χ0) is 27.5. The number of phenolic OH excluding ortho intramolecular Hbond substituents is 1. The number of Topliss-reactive ketones (excluding diaryl/α,β-unsaturated/α-hetero) is 3. The van der Waals surface area contributed by atoms with E-state index in [2.05, 4.69) is 0 Å². The molecule has 38 heavy (non-hydrogen) atoms. The quantitative estimate of drug-likeness (QED) is 0.376. The lowest BCUT2D eigenvalue weighted by Gasteiger charge is -2.46. The van der Waals surface area contributed by atoms with Crippen molar-refractivity contribution in [3.8, 4) is 16.9 Å². The van der Waals surface area contributed by atoms with E-state index in [0.29, 0.717) is 18.4 Å². The number of aryl methyl sites for hydroxylation is 1. The van der Waals surface area contributed by atoms with Gasteiger partial charge in [-0.2, -0.15) is 0 Å². The molecule has 9 heteroatoms. The molecule has 9 nitrogen and oxygen atoms in total. The van der Waals surface area contributed by atoms with Gasteiger partial charge in [0, 0.05) is 24.3 Å². The van der Waals surface area contributed by atoms with Gasteiger partial charge in [-0.25, -0.2) is 0 Å². The molecular formula is C29H27NO8. The van der Waals surface area contributed by atoms with Gasteiger partial charge in [0.05, 0.1) is 5.56 Å². The van der Waals surface area contributed by atoms with E-state index in [4.69, 9.17) is 5.73 Å². The Morgan fingerprint density at radius 3 is 2.34 bits per heavy atom. The zero-order valence-corrected chi connectivity index (χ0v) is 20.7. The second-order valence-corrected chi connectivity index (χ2v) is 10.3. The average molecular weight is 518 g/mol. The third kappa shape index (κ3) is 3.73. The average Bonchev–Trinajstić information content (AvgIpc) is 2.85. The number of carbonyl (C=O) groups excluding carboxylic acids is 4. The van der Waals surface area contributed by atoms with Gasteiger partial charge in [-0.3, -0.25) is 14.4 Å². The van der Waals surface area contributed by atoms with E-state index < -0.39 is 52.0 Å². The number of carbonyl (C=O) groups is 4. The van der Waals surface area contributed by atoms with Crippen LogP contribution in [0.1, 0.15) is 42.9 Å². The fourth-order valence-electron chi connectivity index (χ4n) is 6.06. The second kappa shape index (κ2) is 8.95. The molecule has 2 aromatic rings. The van der Waals surface area contributed by atoms with Crippen LogP contribution in [-0.4, -0.2) is 49.3 Å². The minimum absolute atomic E-state index is 0.0512. The Balaban J connectivity index is 1.60. The summed E-state index contributed by atoms with van der Waals surface area (Å²) < 4.78 is 0. The SMILES string of the molecule is CC(=O)CCc1ccc(-c2ccc(O)c3c2C[C@H]2C[C@H]4CC(=O)C(C(N)=O)=C(O)[C@@]4(O)C(=O)C2=C3O)cc1. The van der Waals surface area contributed by atoms with Crippen LogP contribution in [0.2, 0.25) is 0 Å². The van der Waals surface area contributed by atoms with Crippen molar-refractivity contribution < 1.29 is 39.6 Å². The minimum atomic E-state index is -2.58. The molecule has 3 aliphatic carbocycles. The summed E-state index contributed by atoms with van der Waals surface area (Å²) in [4.78, 5) is 49.2. The molecule has 0 aliphatic heterocycles. The van der Waals surface area contributed by atoms with Gasteiger partial charge in [-0.05, 0) is 60.4 Å². The van der Waals surface area contributed by atoms with Crippen molar-refractivity contribution in [2.45, 2.75) is 44.6 Å². The first-order valence-electron chi connectivity index (χ1n) is 12.4. The monoisotopic (exact) mass is 517 g/mol. The van der Waals surface area contributed by atoms with Crippen LogP contribution in [0, 0.1) is 11.8 Å².